The lowest BCUT2D eigenvalue weighted by atomic mass is 9.83. The molecule has 2 aromatic carbocycles. The van der Waals surface area contributed by atoms with Gasteiger partial charge in [-0.3, -0.25) is 0 Å². The molecule has 1 aliphatic rings. The Labute approximate surface area is 183 Å². The molecular formula is C23H24F3NO5. The second kappa shape index (κ2) is 11.0. The van der Waals surface area contributed by atoms with E-state index < -0.39 is 29.5 Å². The first-order valence-corrected chi connectivity index (χ1v) is 10.3. The van der Waals surface area contributed by atoms with E-state index in [1.165, 1.54) is 18.2 Å². The molecule has 32 heavy (non-hydrogen) atoms. The van der Waals surface area contributed by atoms with Crippen LogP contribution in [0, 0.1) is 29.3 Å². The average molecular weight is 451 g/mol. The zero-order chi connectivity index (χ0) is 23.1. The molecule has 1 aliphatic carbocycles. The first-order chi connectivity index (χ1) is 15.3. The van der Waals surface area contributed by atoms with Crippen molar-refractivity contribution in [2.45, 2.75) is 25.7 Å². The molecule has 1 amide bonds. The molecule has 3 rings (SSSR count). The van der Waals surface area contributed by atoms with E-state index in [0.717, 1.165) is 48.8 Å². The summed E-state index contributed by atoms with van der Waals surface area (Å²) in [6, 6.07) is 7.71. The molecule has 0 radical (unpaired) electrons. The van der Waals surface area contributed by atoms with Crippen LogP contribution in [0.25, 0.3) is 0 Å². The highest BCUT2D eigenvalue weighted by Gasteiger charge is 2.26. The Bertz CT molecular complexity index is 927. The maximum atomic E-state index is 13.8. The second-order valence-corrected chi connectivity index (χ2v) is 7.82. The number of carbonyl (C=O) groups excluding carboxylic acids is 1. The van der Waals surface area contributed by atoms with Gasteiger partial charge in [0.25, 0.3) is 0 Å². The summed E-state index contributed by atoms with van der Waals surface area (Å²) in [5.41, 5.74) is -0.0309. The highest BCUT2D eigenvalue weighted by Crippen LogP contribution is 2.31. The summed E-state index contributed by atoms with van der Waals surface area (Å²) in [5, 5.41) is 8.62. The molecule has 172 valence electrons. The van der Waals surface area contributed by atoms with Crippen molar-refractivity contribution in [3.8, 4) is 0 Å². The SMILES string of the molecule is O=C(O)COC[C@H]1CC[C@H](COC(=O)N(c2cccc(F)c2)c2cc(F)cc(F)c2)CC1. The van der Waals surface area contributed by atoms with E-state index in [-0.39, 0.29) is 36.4 Å². The standard InChI is InChI=1S/C23H24F3NO5/c24-17-2-1-3-20(9-17)27(21-10-18(25)8-19(26)11-21)23(30)32-13-16-6-4-15(5-7-16)12-31-14-22(28)29/h1-3,8-11,15-16H,4-7,12-14H2,(H,28,29)/t15-,16-. The highest BCUT2D eigenvalue weighted by atomic mass is 19.1. The molecule has 0 aromatic heterocycles. The van der Waals surface area contributed by atoms with Crippen LogP contribution in [-0.4, -0.2) is 37.0 Å². The number of benzene rings is 2. The van der Waals surface area contributed by atoms with Crippen LogP contribution in [0.5, 0.6) is 0 Å². The topological polar surface area (TPSA) is 76.1 Å². The quantitative estimate of drug-likeness (QED) is 0.591. The summed E-state index contributed by atoms with van der Waals surface area (Å²) >= 11 is 0. The first kappa shape index (κ1) is 23.6. The minimum absolute atomic E-state index is 0.0827. The van der Waals surface area contributed by atoms with Crippen molar-refractivity contribution in [2.24, 2.45) is 11.8 Å². The number of nitrogens with zero attached hydrogens (tertiary/aromatic N) is 1. The van der Waals surface area contributed by atoms with Gasteiger partial charge in [-0.05, 0) is 67.9 Å². The van der Waals surface area contributed by atoms with Crippen molar-refractivity contribution < 1.29 is 37.3 Å². The summed E-state index contributed by atoms with van der Waals surface area (Å²) in [6.07, 6.45) is 2.29. The molecule has 0 bridgehead atoms. The van der Waals surface area contributed by atoms with Gasteiger partial charge in [0.15, 0.2) is 0 Å². The van der Waals surface area contributed by atoms with Crippen LogP contribution in [0.2, 0.25) is 0 Å². The maximum Gasteiger partial charge on any atom is 0.418 e. The Morgan fingerprint density at radius 2 is 1.47 bits per heavy atom. The Balaban J connectivity index is 1.62. The van der Waals surface area contributed by atoms with Crippen LogP contribution in [0.1, 0.15) is 25.7 Å². The van der Waals surface area contributed by atoms with Crippen LogP contribution >= 0.6 is 0 Å². The summed E-state index contributed by atoms with van der Waals surface area (Å²) < 4.78 is 51.8. The lowest BCUT2D eigenvalue weighted by Crippen LogP contribution is -2.30. The third kappa shape index (κ3) is 6.71. The summed E-state index contributed by atoms with van der Waals surface area (Å²) in [7, 11) is 0. The summed E-state index contributed by atoms with van der Waals surface area (Å²) in [5.74, 6) is -3.03. The van der Waals surface area contributed by atoms with Gasteiger partial charge in [0.05, 0.1) is 24.6 Å². The number of rotatable bonds is 8. The minimum atomic E-state index is -1.01. The zero-order valence-corrected chi connectivity index (χ0v) is 17.3. The normalized spacial score (nSPS) is 18.2. The molecule has 0 unspecified atom stereocenters. The highest BCUT2D eigenvalue weighted by molar-refractivity contribution is 5.96. The third-order valence-corrected chi connectivity index (χ3v) is 5.34. The number of halogens is 3. The summed E-state index contributed by atoms with van der Waals surface area (Å²) in [6.45, 7) is 0.149. The Morgan fingerprint density at radius 1 is 0.875 bits per heavy atom. The number of ether oxygens (including phenoxy) is 2. The van der Waals surface area contributed by atoms with Gasteiger partial charge in [-0.1, -0.05) is 6.07 Å². The fourth-order valence-corrected chi connectivity index (χ4v) is 3.77. The Hall–Kier alpha value is -3.07. The van der Waals surface area contributed by atoms with Crippen molar-refractivity contribution >= 4 is 23.4 Å². The smallest absolute Gasteiger partial charge is 0.418 e. The minimum Gasteiger partial charge on any atom is -0.480 e. The zero-order valence-electron chi connectivity index (χ0n) is 17.3. The van der Waals surface area contributed by atoms with E-state index in [2.05, 4.69) is 0 Å². The number of amides is 1. The molecule has 2 aromatic rings. The van der Waals surface area contributed by atoms with Gasteiger partial charge in [0, 0.05) is 6.07 Å². The van der Waals surface area contributed by atoms with Gasteiger partial charge in [0.1, 0.15) is 24.1 Å². The lowest BCUT2D eigenvalue weighted by Gasteiger charge is -2.29. The van der Waals surface area contributed by atoms with Crippen molar-refractivity contribution in [2.75, 3.05) is 24.7 Å². The largest absolute Gasteiger partial charge is 0.480 e. The average Bonchev–Trinajstić information content (AvgIpc) is 2.72. The predicted molar refractivity (Wildman–Crippen MR) is 110 cm³/mol. The molecule has 1 N–H and O–H groups in total. The molecule has 0 atom stereocenters. The molecule has 0 saturated heterocycles. The monoisotopic (exact) mass is 451 g/mol. The van der Waals surface area contributed by atoms with Crippen LogP contribution < -0.4 is 4.90 Å². The van der Waals surface area contributed by atoms with E-state index in [4.69, 9.17) is 14.6 Å². The molecule has 1 fully saturated rings. The van der Waals surface area contributed by atoms with E-state index in [1.54, 1.807) is 0 Å². The van der Waals surface area contributed by atoms with Gasteiger partial charge in [-0.15, -0.1) is 0 Å². The van der Waals surface area contributed by atoms with E-state index in [9.17, 15) is 22.8 Å². The fraction of sp³-hybridized carbons (Fsp3) is 0.391. The van der Waals surface area contributed by atoms with E-state index >= 15 is 0 Å². The van der Waals surface area contributed by atoms with Crippen molar-refractivity contribution in [1.29, 1.82) is 0 Å². The number of aliphatic carboxylic acids is 1. The van der Waals surface area contributed by atoms with Crippen LogP contribution in [0.3, 0.4) is 0 Å². The second-order valence-electron chi connectivity index (χ2n) is 7.82. The fourth-order valence-electron chi connectivity index (χ4n) is 3.77. The number of carboxylic acid groups (broad SMARTS) is 1. The summed E-state index contributed by atoms with van der Waals surface area (Å²) in [4.78, 5) is 24.3. The maximum absolute atomic E-state index is 13.8. The van der Waals surface area contributed by atoms with Crippen molar-refractivity contribution in [1.82, 2.24) is 0 Å². The predicted octanol–water partition coefficient (Wildman–Crippen LogP) is 5.29. The van der Waals surface area contributed by atoms with Crippen LogP contribution in [-0.2, 0) is 14.3 Å². The number of carboxylic acids is 1. The first-order valence-electron chi connectivity index (χ1n) is 10.3. The molecule has 1 saturated carbocycles. The Morgan fingerprint density at radius 3 is 2.06 bits per heavy atom. The number of carbonyl (C=O) groups is 2. The number of hydrogen-bond acceptors (Lipinski definition) is 4. The number of anilines is 2. The third-order valence-electron chi connectivity index (χ3n) is 5.34. The van der Waals surface area contributed by atoms with Gasteiger partial charge in [-0.2, -0.15) is 0 Å². The molecule has 6 nitrogen and oxygen atoms in total. The van der Waals surface area contributed by atoms with Crippen molar-refractivity contribution in [3.05, 3.63) is 59.9 Å². The molecule has 0 spiro atoms. The van der Waals surface area contributed by atoms with E-state index in [0.29, 0.717) is 12.7 Å². The molecule has 0 aliphatic heterocycles. The van der Waals surface area contributed by atoms with Gasteiger partial charge >= 0.3 is 12.1 Å². The lowest BCUT2D eigenvalue weighted by molar-refractivity contribution is -0.142. The molecular weight excluding hydrogens is 427 g/mol. The number of hydrogen-bond donors (Lipinski definition) is 1. The van der Waals surface area contributed by atoms with Crippen molar-refractivity contribution in [3.63, 3.8) is 0 Å². The van der Waals surface area contributed by atoms with Gasteiger partial charge in [0.2, 0.25) is 0 Å². The van der Waals surface area contributed by atoms with E-state index in [1.807, 2.05) is 0 Å². The molecule has 0 heterocycles. The van der Waals surface area contributed by atoms with Gasteiger partial charge in [-0.25, -0.2) is 27.7 Å². The Kier molecular flexibility index (Phi) is 8.10. The molecule has 9 heteroatoms. The van der Waals surface area contributed by atoms with Crippen LogP contribution in [0.4, 0.5) is 29.3 Å². The van der Waals surface area contributed by atoms with Crippen LogP contribution in [0.15, 0.2) is 42.5 Å². The van der Waals surface area contributed by atoms with Gasteiger partial charge < -0.3 is 14.6 Å².